The lowest BCUT2D eigenvalue weighted by molar-refractivity contribution is 0.356. The summed E-state index contributed by atoms with van der Waals surface area (Å²) in [6.45, 7) is 4.29. The minimum atomic E-state index is 0.0650. The molecule has 0 unspecified atom stereocenters. The molecule has 0 saturated carbocycles. The molecule has 0 aliphatic carbocycles. The molecule has 0 bridgehead atoms. The van der Waals surface area contributed by atoms with Crippen LogP contribution in [0.3, 0.4) is 0 Å². The Balaban J connectivity index is 2.28. The van der Waals surface area contributed by atoms with E-state index >= 15 is 0 Å². The van der Waals surface area contributed by atoms with Gasteiger partial charge in [0.15, 0.2) is 11.5 Å². The third-order valence-electron chi connectivity index (χ3n) is 4.17. The van der Waals surface area contributed by atoms with Crippen molar-refractivity contribution in [3.63, 3.8) is 0 Å². The van der Waals surface area contributed by atoms with Crippen molar-refractivity contribution < 1.29 is 9.47 Å². The van der Waals surface area contributed by atoms with E-state index in [1.807, 2.05) is 18.2 Å². The summed E-state index contributed by atoms with van der Waals surface area (Å²) in [5.74, 6) is 1.64. The average molecular weight is 349 g/mol. The molecule has 0 radical (unpaired) electrons. The summed E-state index contributed by atoms with van der Waals surface area (Å²) in [6.07, 6.45) is 0. The number of methoxy groups -OCH3 is 2. The normalized spacial score (nSPS) is 10.7. The average Bonchev–Trinajstić information content (AvgIpc) is 2.66. The van der Waals surface area contributed by atoms with Crippen molar-refractivity contribution in [3.8, 4) is 22.8 Å². The summed E-state index contributed by atoms with van der Waals surface area (Å²) in [5.41, 5.74) is 12.2. The van der Waals surface area contributed by atoms with E-state index in [2.05, 4.69) is 46.0 Å². The first-order valence-corrected chi connectivity index (χ1v) is 8.16. The van der Waals surface area contributed by atoms with E-state index in [0.717, 1.165) is 10.9 Å². The molecular formula is C19H19N5O2. The fourth-order valence-electron chi connectivity index (χ4n) is 2.77. The van der Waals surface area contributed by atoms with Crippen molar-refractivity contribution >= 4 is 16.9 Å². The molecule has 7 nitrogen and oxygen atoms in total. The van der Waals surface area contributed by atoms with Crippen molar-refractivity contribution in [2.75, 3.05) is 14.2 Å². The molecule has 1 aromatic heterocycles. The first-order valence-electron chi connectivity index (χ1n) is 8.16. The summed E-state index contributed by atoms with van der Waals surface area (Å²) in [6, 6.07) is 11.7. The van der Waals surface area contributed by atoms with Gasteiger partial charge in [0.1, 0.15) is 0 Å². The van der Waals surface area contributed by atoms with E-state index < -0.39 is 0 Å². The Hall–Kier alpha value is -3.31. The largest absolute Gasteiger partial charge is 0.493 e. The molecule has 1 heterocycles. The number of rotatable bonds is 5. The molecular weight excluding hydrogens is 330 g/mol. The smallest absolute Gasteiger partial charge is 0.217 e. The molecule has 3 rings (SSSR count). The van der Waals surface area contributed by atoms with Gasteiger partial charge in [0.05, 0.1) is 25.4 Å². The molecule has 3 aromatic rings. The topological polar surface area (TPSA) is 93.0 Å². The number of hydrogen-bond acceptors (Lipinski definition) is 5. The highest BCUT2D eigenvalue weighted by Gasteiger charge is 2.14. The van der Waals surface area contributed by atoms with Crippen LogP contribution in [0.25, 0.3) is 32.6 Å². The van der Waals surface area contributed by atoms with Gasteiger partial charge in [0, 0.05) is 21.9 Å². The molecule has 0 saturated heterocycles. The summed E-state index contributed by atoms with van der Waals surface area (Å²) < 4.78 is 10.7. The lowest BCUT2D eigenvalue weighted by atomic mass is 9.99. The van der Waals surface area contributed by atoms with Crippen molar-refractivity contribution in [2.45, 2.75) is 19.8 Å². The zero-order valence-electron chi connectivity index (χ0n) is 15.1. The molecule has 7 heteroatoms. The molecule has 132 valence electrons. The van der Waals surface area contributed by atoms with Gasteiger partial charge < -0.3 is 9.47 Å². The van der Waals surface area contributed by atoms with E-state index in [9.17, 15) is 0 Å². The fourth-order valence-corrected chi connectivity index (χ4v) is 2.77. The maximum absolute atomic E-state index is 8.77. The molecule has 0 aliphatic heterocycles. The van der Waals surface area contributed by atoms with Crippen LogP contribution in [0.1, 0.15) is 25.3 Å². The van der Waals surface area contributed by atoms with Crippen molar-refractivity contribution in [1.82, 2.24) is 9.97 Å². The summed E-state index contributed by atoms with van der Waals surface area (Å²) in [7, 11) is 3.14. The highest BCUT2D eigenvalue weighted by atomic mass is 16.5. The lowest BCUT2D eigenvalue weighted by Crippen LogP contribution is -1.95. The highest BCUT2D eigenvalue weighted by Crippen LogP contribution is 2.36. The molecule has 0 aliphatic rings. The second-order valence-electron chi connectivity index (χ2n) is 6.06. The third-order valence-corrected chi connectivity index (χ3v) is 4.17. The zero-order valence-corrected chi connectivity index (χ0v) is 15.1. The monoisotopic (exact) mass is 349 g/mol. The maximum Gasteiger partial charge on any atom is 0.217 e. The lowest BCUT2D eigenvalue weighted by Gasteiger charge is -2.12. The molecule has 0 atom stereocenters. The van der Waals surface area contributed by atoms with Gasteiger partial charge >= 0.3 is 0 Å². The van der Waals surface area contributed by atoms with Crippen LogP contribution in [0.5, 0.6) is 11.5 Å². The third kappa shape index (κ3) is 3.25. The Morgan fingerprint density at radius 3 is 2.23 bits per heavy atom. The van der Waals surface area contributed by atoms with E-state index in [1.54, 1.807) is 20.3 Å². The van der Waals surface area contributed by atoms with Crippen LogP contribution in [-0.4, -0.2) is 24.2 Å². The van der Waals surface area contributed by atoms with Crippen LogP contribution in [0, 0.1) is 0 Å². The second-order valence-corrected chi connectivity index (χ2v) is 6.06. The predicted molar refractivity (Wildman–Crippen MR) is 101 cm³/mol. The highest BCUT2D eigenvalue weighted by molar-refractivity contribution is 5.95. The second kappa shape index (κ2) is 7.29. The van der Waals surface area contributed by atoms with E-state index in [1.165, 1.54) is 5.56 Å². The van der Waals surface area contributed by atoms with E-state index in [0.29, 0.717) is 28.6 Å². The number of hydrogen-bond donors (Lipinski definition) is 0. The Bertz CT molecular complexity index is 993. The van der Waals surface area contributed by atoms with Gasteiger partial charge in [-0.2, -0.15) is 0 Å². The van der Waals surface area contributed by atoms with Gasteiger partial charge in [-0.1, -0.05) is 38.1 Å². The summed E-state index contributed by atoms with van der Waals surface area (Å²) in [5, 5.41) is 4.36. The first-order chi connectivity index (χ1) is 12.6. The SMILES string of the molecule is COc1cc2nc(N=[N+]=[N-])nc(-c3ccc(C(C)C)cc3)c2cc1OC. The van der Waals surface area contributed by atoms with Crippen molar-refractivity contribution in [2.24, 2.45) is 5.11 Å². The van der Waals surface area contributed by atoms with Gasteiger partial charge in [-0.3, -0.25) is 0 Å². The van der Waals surface area contributed by atoms with Gasteiger partial charge in [-0.05, 0) is 28.2 Å². The Morgan fingerprint density at radius 1 is 1.00 bits per heavy atom. The van der Waals surface area contributed by atoms with Crippen molar-refractivity contribution in [3.05, 3.63) is 52.4 Å². The maximum atomic E-state index is 8.77. The summed E-state index contributed by atoms with van der Waals surface area (Å²) >= 11 is 0. The number of aromatic nitrogens is 2. The standard InChI is InChI=1S/C19H19N5O2/c1-11(2)12-5-7-13(8-6-12)18-14-9-16(25-3)17(26-4)10-15(14)21-19(22-18)23-24-20/h5-11H,1-4H3. The van der Waals surface area contributed by atoms with Crippen LogP contribution in [-0.2, 0) is 0 Å². The minimum Gasteiger partial charge on any atom is -0.493 e. The zero-order chi connectivity index (χ0) is 18.7. The number of nitrogens with zero attached hydrogens (tertiary/aromatic N) is 5. The van der Waals surface area contributed by atoms with Crippen molar-refractivity contribution in [1.29, 1.82) is 0 Å². The molecule has 2 aromatic carbocycles. The number of benzene rings is 2. The van der Waals surface area contributed by atoms with Crippen LogP contribution in [0.2, 0.25) is 0 Å². The number of ether oxygens (including phenoxy) is 2. The Labute approximate surface area is 151 Å². The van der Waals surface area contributed by atoms with Gasteiger partial charge in [-0.15, -0.1) is 0 Å². The summed E-state index contributed by atoms with van der Waals surface area (Å²) in [4.78, 5) is 11.6. The molecule has 0 spiro atoms. The molecule has 0 fully saturated rings. The number of azide groups is 1. The number of fused-ring (bicyclic) bond motifs is 1. The van der Waals surface area contributed by atoms with Crippen LogP contribution in [0.15, 0.2) is 41.5 Å². The van der Waals surface area contributed by atoms with Crippen LogP contribution >= 0.6 is 0 Å². The van der Waals surface area contributed by atoms with Gasteiger partial charge in [0.2, 0.25) is 5.95 Å². The first kappa shape index (κ1) is 17.5. The Morgan fingerprint density at radius 2 is 1.65 bits per heavy atom. The fraction of sp³-hybridized carbons (Fsp3) is 0.263. The van der Waals surface area contributed by atoms with Crippen LogP contribution in [0.4, 0.5) is 5.95 Å². The van der Waals surface area contributed by atoms with Gasteiger partial charge in [-0.25, -0.2) is 9.97 Å². The van der Waals surface area contributed by atoms with E-state index in [-0.39, 0.29) is 5.95 Å². The van der Waals surface area contributed by atoms with Crippen LogP contribution < -0.4 is 9.47 Å². The predicted octanol–water partition coefficient (Wildman–Crippen LogP) is 5.38. The van der Waals surface area contributed by atoms with Gasteiger partial charge in [0.25, 0.3) is 0 Å². The molecule has 26 heavy (non-hydrogen) atoms. The molecule has 0 N–H and O–H groups in total. The molecule has 0 amide bonds. The minimum absolute atomic E-state index is 0.0650. The van der Waals surface area contributed by atoms with E-state index in [4.69, 9.17) is 15.0 Å². The Kier molecular flexibility index (Phi) is 4.91. The quantitative estimate of drug-likeness (QED) is 0.351.